The third-order valence-electron chi connectivity index (χ3n) is 6.19. The zero-order valence-corrected chi connectivity index (χ0v) is 15.5. The van der Waals surface area contributed by atoms with Gasteiger partial charge in [-0.3, -0.25) is 9.59 Å². The molecule has 1 saturated carbocycles. The van der Waals surface area contributed by atoms with Crippen LogP contribution in [0.4, 0.5) is 0 Å². The Morgan fingerprint density at radius 2 is 1.96 bits per heavy atom. The van der Waals surface area contributed by atoms with Crippen LogP contribution in [0, 0.1) is 17.8 Å². The summed E-state index contributed by atoms with van der Waals surface area (Å²) in [4.78, 5) is 38.5. The molecule has 0 spiro atoms. The number of nitrogens with one attached hydrogen (secondary N) is 1. The molecule has 3 rings (SSSR count). The fraction of sp³-hybridized carbons (Fsp3) is 0.842. The van der Waals surface area contributed by atoms with Crippen LogP contribution < -0.4 is 5.32 Å². The van der Waals surface area contributed by atoms with Crippen molar-refractivity contribution in [2.75, 3.05) is 19.8 Å². The largest absolute Gasteiger partial charge is 0.480 e. The van der Waals surface area contributed by atoms with Crippen molar-refractivity contribution in [3.05, 3.63) is 0 Å². The number of carbonyl (C=O) groups is 3. The maximum absolute atomic E-state index is 12.6. The number of hydrogen-bond donors (Lipinski definition) is 2. The van der Waals surface area contributed by atoms with E-state index in [0.29, 0.717) is 25.7 Å². The van der Waals surface area contributed by atoms with Crippen molar-refractivity contribution in [1.82, 2.24) is 10.2 Å². The highest BCUT2D eigenvalue weighted by atomic mass is 16.5. The number of carbonyl (C=O) groups excluding carboxylic acids is 2. The van der Waals surface area contributed by atoms with Crippen LogP contribution in [-0.2, 0) is 19.1 Å². The standard InChI is InChI=1S/C19H30N2O5/c1-12-4-6-15(7-5-12)21-10-14(9-16(21)22)18(23)20-17(19(24)25)13-3-2-8-26-11-13/h12-15,17H,2-11H2,1H3,(H,20,23)(H,24,25). The molecule has 3 unspecified atom stereocenters. The number of nitrogens with zero attached hydrogens (tertiary/aromatic N) is 1. The van der Waals surface area contributed by atoms with E-state index in [9.17, 15) is 19.5 Å². The van der Waals surface area contributed by atoms with Crippen LogP contribution in [0.25, 0.3) is 0 Å². The quantitative estimate of drug-likeness (QED) is 0.767. The molecule has 1 aliphatic carbocycles. The van der Waals surface area contributed by atoms with E-state index in [1.165, 1.54) is 0 Å². The summed E-state index contributed by atoms with van der Waals surface area (Å²) in [5.74, 6) is -1.28. The van der Waals surface area contributed by atoms with E-state index in [-0.39, 0.29) is 30.2 Å². The molecule has 2 N–H and O–H groups in total. The molecular weight excluding hydrogens is 336 g/mol. The molecule has 3 aliphatic rings. The van der Waals surface area contributed by atoms with Gasteiger partial charge in [-0.15, -0.1) is 0 Å². The topological polar surface area (TPSA) is 95.9 Å². The highest BCUT2D eigenvalue weighted by Crippen LogP contribution is 2.31. The molecule has 0 radical (unpaired) electrons. The number of amides is 2. The van der Waals surface area contributed by atoms with Crippen molar-refractivity contribution >= 4 is 17.8 Å². The Hall–Kier alpha value is -1.63. The molecule has 2 amide bonds. The Kier molecular flexibility index (Phi) is 6.16. The Morgan fingerprint density at radius 3 is 2.58 bits per heavy atom. The highest BCUT2D eigenvalue weighted by Gasteiger charge is 2.40. The lowest BCUT2D eigenvalue weighted by Crippen LogP contribution is -2.50. The van der Waals surface area contributed by atoms with Crippen molar-refractivity contribution in [2.24, 2.45) is 17.8 Å². The number of rotatable bonds is 5. The SMILES string of the molecule is CC1CCC(N2CC(C(=O)NC(C(=O)O)C3CCCOC3)CC2=O)CC1. The molecule has 0 aromatic heterocycles. The first-order chi connectivity index (χ1) is 12.5. The van der Waals surface area contributed by atoms with Crippen molar-refractivity contribution < 1.29 is 24.2 Å². The lowest BCUT2D eigenvalue weighted by molar-refractivity contribution is -0.145. The first-order valence-electron chi connectivity index (χ1n) is 9.86. The minimum absolute atomic E-state index is 0.0255. The minimum atomic E-state index is -1.03. The third-order valence-corrected chi connectivity index (χ3v) is 6.19. The van der Waals surface area contributed by atoms with E-state index < -0.39 is 17.9 Å². The fourth-order valence-corrected chi connectivity index (χ4v) is 4.50. The summed E-state index contributed by atoms with van der Waals surface area (Å²) in [7, 11) is 0. The van der Waals surface area contributed by atoms with Crippen LogP contribution in [0.1, 0.15) is 51.9 Å². The van der Waals surface area contributed by atoms with Gasteiger partial charge in [-0.2, -0.15) is 0 Å². The predicted octanol–water partition coefficient (Wildman–Crippen LogP) is 1.41. The summed E-state index contributed by atoms with van der Waals surface area (Å²) in [6.07, 6.45) is 5.96. The third kappa shape index (κ3) is 4.37. The van der Waals surface area contributed by atoms with Gasteiger partial charge in [0.05, 0.1) is 12.5 Å². The molecule has 146 valence electrons. The van der Waals surface area contributed by atoms with Gasteiger partial charge in [0.15, 0.2) is 0 Å². The van der Waals surface area contributed by atoms with Gasteiger partial charge in [-0.25, -0.2) is 4.79 Å². The molecular formula is C19H30N2O5. The maximum atomic E-state index is 12.6. The van der Waals surface area contributed by atoms with Crippen LogP contribution in [0.15, 0.2) is 0 Å². The molecule has 7 heteroatoms. The van der Waals surface area contributed by atoms with Gasteiger partial charge < -0.3 is 20.1 Å². The predicted molar refractivity (Wildman–Crippen MR) is 94.3 cm³/mol. The molecule has 2 heterocycles. The molecule has 0 aromatic carbocycles. The van der Waals surface area contributed by atoms with Crippen molar-refractivity contribution in [3.63, 3.8) is 0 Å². The van der Waals surface area contributed by atoms with E-state index >= 15 is 0 Å². The van der Waals surface area contributed by atoms with Crippen LogP contribution in [0.3, 0.4) is 0 Å². The Balaban J connectivity index is 1.57. The molecule has 3 atom stereocenters. The summed E-state index contributed by atoms with van der Waals surface area (Å²) in [5, 5.41) is 12.2. The maximum Gasteiger partial charge on any atom is 0.326 e. The van der Waals surface area contributed by atoms with Crippen molar-refractivity contribution in [1.29, 1.82) is 0 Å². The normalized spacial score (nSPS) is 33.7. The zero-order valence-electron chi connectivity index (χ0n) is 15.5. The van der Waals surface area contributed by atoms with E-state index in [0.717, 1.165) is 38.5 Å². The molecule has 7 nitrogen and oxygen atoms in total. The second-order valence-electron chi connectivity index (χ2n) is 8.16. The minimum Gasteiger partial charge on any atom is -0.480 e. The molecule has 0 aromatic rings. The average Bonchev–Trinajstić information content (AvgIpc) is 3.02. The molecule has 2 saturated heterocycles. The first kappa shape index (κ1) is 19.1. The Bertz CT molecular complexity index is 538. The fourth-order valence-electron chi connectivity index (χ4n) is 4.50. The van der Waals surface area contributed by atoms with Gasteiger partial charge >= 0.3 is 5.97 Å². The van der Waals surface area contributed by atoms with Gasteiger partial charge in [0.2, 0.25) is 11.8 Å². The molecule has 26 heavy (non-hydrogen) atoms. The first-order valence-corrected chi connectivity index (χ1v) is 9.86. The number of ether oxygens (including phenoxy) is 1. The Labute approximate surface area is 154 Å². The number of carboxylic acids is 1. The van der Waals surface area contributed by atoms with Gasteiger partial charge in [-0.1, -0.05) is 6.92 Å². The van der Waals surface area contributed by atoms with Crippen molar-refractivity contribution in [2.45, 2.75) is 64.0 Å². The lowest BCUT2D eigenvalue weighted by Gasteiger charge is -2.33. The summed E-state index contributed by atoms with van der Waals surface area (Å²) >= 11 is 0. The van der Waals surface area contributed by atoms with Crippen LogP contribution in [-0.4, -0.2) is 59.6 Å². The second-order valence-corrected chi connectivity index (χ2v) is 8.16. The van der Waals surface area contributed by atoms with Crippen molar-refractivity contribution in [3.8, 4) is 0 Å². The van der Waals surface area contributed by atoms with E-state index in [2.05, 4.69) is 12.2 Å². The molecule has 3 fully saturated rings. The monoisotopic (exact) mass is 366 g/mol. The van der Waals surface area contributed by atoms with E-state index in [1.54, 1.807) is 0 Å². The zero-order chi connectivity index (χ0) is 18.7. The van der Waals surface area contributed by atoms with Gasteiger partial charge in [-0.05, 0) is 44.4 Å². The number of likely N-dealkylation sites (tertiary alicyclic amines) is 1. The molecule has 0 bridgehead atoms. The smallest absolute Gasteiger partial charge is 0.326 e. The molecule has 2 aliphatic heterocycles. The van der Waals surface area contributed by atoms with Gasteiger partial charge in [0.25, 0.3) is 0 Å². The highest BCUT2D eigenvalue weighted by molar-refractivity contribution is 5.91. The summed E-state index contributed by atoms with van der Waals surface area (Å²) in [5.41, 5.74) is 0. The summed E-state index contributed by atoms with van der Waals surface area (Å²) in [6.45, 7) is 3.65. The van der Waals surface area contributed by atoms with Gasteiger partial charge in [0.1, 0.15) is 6.04 Å². The summed E-state index contributed by atoms with van der Waals surface area (Å²) in [6, 6.07) is -0.707. The van der Waals surface area contributed by atoms with E-state index in [4.69, 9.17) is 4.74 Å². The lowest BCUT2D eigenvalue weighted by atomic mass is 9.86. The summed E-state index contributed by atoms with van der Waals surface area (Å²) < 4.78 is 5.37. The second kappa shape index (κ2) is 8.37. The van der Waals surface area contributed by atoms with Crippen LogP contribution in [0.2, 0.25) is 0 Å². The average molecular weight is 366 g/mol. The van der Waals surface area contributed by atoms with Crippen LogP contribution in [0.5, 0.6) is 0 Å². The number of carboxylic acid groups (broad SMARTS) is 1. The van der Waals surface area contributed by atoms with Gasteiger partial charge in [0, 0.05) is 31.5 Å². The Morgan fingerprint density at radius 1 is 1.23 bits per heavy atom. The number of aliphatic carboxylic acids is 1. The van der Waals surface area contributed by atoms with E-state index in [1.807, 2.05) is 4.90 Å². The number of hydrogen-bond acceptors (Lipinski definition) is 4. The van der Waals surface area contributed by atoms with Crippen LogP contribution >= 0.6 is 0 Å².